The van der Waals surface area contributed by atoms with Crippen molar-refractivity contribution in [3.8, 4) is 11.3 Å². The highest BCUT2D eigenvalue weighted by atomic mass is 16.1. The van der Waals surface area contributed by atoms with E-state index in [0.717, 1.165) is 12.1 Å². The van der Waals surface area contributed by atoms with E-state index in [9.17, 15) is 4.79 Å². The van der Waals surface area contributed by atoms with Crippen LogP contribution in [0.5, 0.6) is 0 Å². The third-order valence-electron chi connectivity index (χ3n) is 3.22. The first-order valence-corrected chi connectivity index (χ1v) is 6.24. The summed E-state index contributed by atoms with van der Waals surface area (Å²) in [5.41, 5.74) is 7.53. The predicted molar refractivity (Wildman–Crippen MR) is 71.5 cm³/mol. The van der Waals surface area contributed by atoms with E-state index < -0.39 is 0 Å². The monoisotopic (exact) mass is 257 g/mol. The van der Waals surface area contributed by atoms with Crippen molar-refractivity contribution in [2.45, 2.75) is 12.6 Å². The normalized spacial score (nSPS) is 18.7. The standard InChI is InChI=1S/C13H15N5O/c14-10-8-16-5-6-18-12(19)7-11(17-13(10)18)9-1-3-15-4-2-9/h1-4,7,10,16H,5-6,8,14H2. The first-order valence-electron chi connectivity index (χ1n) is 6.24. The molecule has 0 bridgehead atoms. The fraction of sp³-hybridized carbons (Fsp3) is 0.308. The third-order valence-corrected chi connectivity index (χ3v) is 3.22. The summed E-state index contributed by atoms with van der Waals surface area (Å²) < 4.78 is 1.65. The summed E-state index contributed by atoms with van der Waals surface area (Å²) in [7, 11) is 0. The zero-order valence-corrected chi connectivity index (χ0v) is 10.4. The van der Waals surface area contributed by atoms with Gasteiger partial charge < -0.3 is 11.1 Å². The molecule has 2 aromatic heterocycles. The Kier molecular flexibility index (Phi) is 3.10. The number of hydrogen-bond donors (Lipinski definition) is 2. The first-order chi connectivity index (χ1) is 9.25. The number of hydrogen-bond acceptors (Lipinski definition) is 5. The number of nitrogens with two attached hydrogens (primary N) is 1. The summed E-state index contributed by atoms with van der Waals surface area (Å²) in [4.78, 5) is 20.7. The number of aromatic nitrogens is 3. The van der Waals surface area contributed by atoms with Crippen molar-refractivity contribution >= 4 is 0 Å². The van der Waals surface area contributed by atoms with Gasteiger partial charge in [0.25, 0.3) is 5.56 Å². The molecular weight excluding hydrogens is 242 g/mol. The zero-order chi connectivity index (χ0) is 13.2. The largest absolute Gasteiger partial charge is 0.320 e. The van der Waals surface area contributed by atoms with E-state index in [2.05, 4.69) is 15.3 Å². The molecule has 2 aromatic rings. The predicted octanol–water partition coefficient (Wildman–Crippen LogP) is -0.0917. The van der Waals surface area contributed by atoms with Gasteiger partial charge in [-0.3, -0.25) is 14.3 Å². The van der Waals surface area contributed by atoms with Gasteiger partial charge in [-0.25, -0.2) is 4.98 Å². The van der Waals surface area contributed by atoms with Gasteiger partial charge in [0.2, 0.25) is 0 Å². The molecule has 1 unspecified atom stereocenters. The minimum absolute atomic E-state index is 0.0593. The number of nitrogens with one attached hydrogen (secondary N) is 1. The molecule has 98 valence electrons. The van der Waals surface area contributed by atoms with Gasteiger partial charge in [-0.2, -0.15) is 0 Å². The van der Waals surface area contributed by atoms with Gasteiger partial charge in [-0.1, -0.05) is 0 Å². The van der Waals surface area contributed by atoms with E-state index in [4.69, 9.17) is 5.73 Å². The quantitative estimate of drug-likeness (QED) is 0.745. The Balaban J connectivity index is 2.15. The molecule has 1 atom stereocenters. The van der Waals surface area contributed by atoms with E-state index in [0.29, 0.717) is 24.6 Å². The maximum absolute atomic E-state index is 12.2. The van der Waals surface area contributed by atoms with Crippen LogP contribution >= 0.6 is 0 Å². The molecule has 19 heavy (non-hydrogen) atoms. The Hall–Kier alpha value is -2.05. The van der Waals surface area contributed by atoms with Crippen molar-refractivity contribution in [3.63, 3.8) is 0 Å². The minimum Gasteiger partial charge on any atom is -0.320 e. The molecule has 1 aliphatic rings. The fourth-order valence-corrected chi connectivity index (χ4v) is 2.24. The summed E-state index contributed by atoms with van der Waals surface area (Å²) in [5, 5.41) is 3.20. The van der Waals surface area contributed by atoms with E-state index in [1.165, 1.54) is 0 Å². The van der Waals surface area contributed by atoms with E-state index in [1.54, 1.807) is 23.0 Å². The molecule has 3 rings (SSSR count). The summed E-state index contributed by atoms with van der Waals surface area (Å²) in [6.45, 7) is 1.97. The smallest absolute Gasteiger partial charge is 0.254 e. The van der Waals surface area contributed by atoms with Crippen LogP contribution in [0.3, 0.4) is 0 Å². The Morgan fingerprint density at radius 3 is 2.95 bits per heavy atom. The Labute approximate surface area is 110 Å². The second kappa shape index (κ2) is 4.91. The van der Waals surface area contributed by atoms with Crippen LogP contribution in [0.2, 0.25) is 0 Å². The van der Waals surface area contributed by atoms with Crippen LogP contribution in [-0.2, 0) is 6.54 Å². The number of rotatable bonds is 1. The first kappa shape index (κ1) is 12.0. The average Bonchev–Trinajstić information content (AvgIpc) is 2.63. The lowest BCUT2D eigenvalue weighted by Crippen LogP contribution is -2.29. The van der Waals surface area contributed by atoms with Gasteiger partial charge in [0.15, 0.2) is 0 Å². The van der Waals surface area contributed by atoms with Crippen molar-refractivity contribution in [2.75, 3.05) is 13.1 Å². The summed E-state index contributed by atoms with van der Waals surface area (Å²) in [6, 6.07) is 4.95. The summed E-state index contributed by atoms with van der Waals surface area (Å²) in [5.74, 6) is 0.643. The zero-order valence-electron chi connectivity index (χ0n) is 10.4. The molecule has 0 saturated heterocycles. The summed E-state index contributed by atoms with van der Waals surface area (Å²) >= 11 is 0. The Morgan fingerprint density at radius 1 is 1.37 bits per heavy atom. The molecule has 0 aromatic carbocycles. The molecule has 0 amide bonds. The molecule has 3 N–H and O–H groups in total. The van der Waals surface area contributed by atoms with Crippen molar-refractivity contribution < 1.29 is 0 Å². The second-order valence-electron chi connectivity index (χ2n) is 4.54. The van der Waals surface area contributed by atoms with Gasteiger partial charge in [0.05, 0.1) is 11.7 Å². The van der Waals surface area contributed by atoms with Crippen LogP contribution in [-0.4, -0.2) is 27.6 Å². The lowest BCUT2D eigenvalue weighted by atomic mass is 10.2. The van der Waals surface area contributed by atoms with Gasteiger partial charge >= 0.3 is 0 Å². The number of pyridine rings is 1. The van der Waals surface area contributed by atoms with Crippen molar-refractivity contribution in [3.05, 3.63) is 46.8 Å². The maximum Gasteiger partial charge on any atom is 0.254 e. The third kappa shape index (κ3) is 2.27. The van der Waals surface area contributed by atoms with E-state index >= 15 is 0 Å². The van der Waals surface area contributed by atoms with Crippen molar-refractivity contribution in [1.29, 1.82) is 0 Å². The molecule has 3 heterocycles. The SMILES string of the molecule is NC1CNCCn2c1nc(-c1ccncc1)cc2=O. The molecule has 6 nitrogen and oxygen atoms in total. The van der Waals surface area contributed by atoms with Crippen molar-refractivity contribution in [1.82, 2.24) is 19.9 Å². The van der Waals surface area contributed by atoms with Crippen LogP contribution in [0.4, 0.5) is 0 Å². The lowest BCUT2D eigenvalue weighted by molar-refractivity contribution is 0.615. The number of nitrogens with zero attached hydrogens (tertiary/aromatic N) is 3. The van der Waals surface area contributed by atoms with Crippen LogP contribution in [0.1, 0.15) is 11.9 Å². The van der Waals surface area contributed by atoms with E-state index in [-0.39, 0.29) is 11.6 Å². The van der Waals surface area contributed by atoms with Crippen LogP contribution in [0.25, 0.3) is 11.3 Å². The highest BCUT2D eigenvalue weighted by Crippen LogP contribution is 2.16. The summed E-state index contributed by atoms with van der Waals surface area (Å²) in [6.07, 6.45) is 3.36. The molecule has 0 aliphatic carbocycles. The average molecular weight is 257 g/mol. The molecule has 0 fully saturated rings. The highest BCUT2D eigenvalue weighted by molar-refractivity contribution is 5.57. The van der Waals surface area contributed by atoms with Gasteiger partial charge in [-0.05, 0) is 12.1 Å². The molecule has 6 heteroatoms. The van der Waals surface area contributed by atoms with Gasteiger partial charge in [0, 0.05) is 43.7 Å². The van der Waals surface area contributed by atoms with Crippen molar-refractivity contribution in [2.24, 2.45) is 5.73 Å². The fourth-order valence-electron chi connectivity index (χ4n) is 2.24. The van der Waals surface area contributed by atoms with Gasteiger partial charge in [0.1, 0.15) is 5.82 Å². The molecular formula is C13H15N5O. The maximum atomic E-state index is 12.2. The highest BCUT2D eigenvalue weighted by Gasteiger charge is 2.18. The molecule has 1 aliphatic heterocycles. The number of fused-ring (bicyclic) bond motifs is 1. The minimum atomic E-state index is -0.267. The Morgan fingerprint density at radius 2 is 2.16 bits per heavy atom. The van der Waals surface area contributed by atoms with Crippen LogP contribution in [0, 0.1) is 0 Å². The van der Waals surface area contributed by atoms with Crippen LogP contribution in [0.15, 0.2) is 35.4 Å². The second-order valence-corrected chi connectivity index (χ2v) is 4.54. The lowest BCUT2D eigenvalue weighted by Gasteiger charge is -2.14. The van der Waals surface area contributed by atoms with Crippen LogP contribution < -0.4 is 16.6 Å². The topological polar surface area (TPSA) is 85.8 Å². The Bertz CT molecular complexity index is 637. The van der Waals surface area contributed by atoms with Gasteiger partial charge in [-0.15, -0.1) is 0 Å². The van der Waals surface area contributed by atoms with E-state index in [1.807, 2.05) is 12.1 Å². The molecule has 0 saturated carbocycles. The molecule has 0 spiro atoms. The molecule has 0 radical (unpaired) electrons.